The normalized spacial score (nSPS) is 29.9. The Balaban J connectivity index is 1.93. The summed E-state index contributed by atoms with van der Waals surface area (Å²) in [4.78, 5) is 4.63. The van der Waals surface area contributed by atoms with E-state index < -0.39 is 9.84 Å². The van der Waals surface area contributed by atoms with E-state index in [-0.39, 0.29) is 11.7 Å². The van der Waals surface area contributed by atoms with Crippen molar-refractivity contribution in [2.24, 2.45) is 16.3 Å². The van der Waals surface area contributed by atoms with Gasteiger partial charge in [-0.1, -0.05) is 26.3 Å². The molecule has 2 atom stereocenters. The number of guanidine groups is 1. The van der Waals surface area contributed by atoms with Crippen LogP contribution in [-0.2, 0) is 9.84 Å². The molecular formula is C17H31N3O2S. The van der Waals surface area contributed by atoms with Crippen molar-refractivity contribution in [3.63, 3.8) is 0 Å². The second kappa shape index (κ2) is 7.69. The fraction of sp³-hybridized carbons (Fsp3) is 0.824. The maximum Gasteiger partial charge on any atom is 0.191 e. The lowest BCUT2D eigenvalue weighted by Gasteiger charge is -2.36. The molecule has 2 N–H and O–H groups in total. The van der Waals surface area contributed by atoms with E-state index in [0.29, 0.717) is 30.3 Å². The number of rotatable bonds is 5. The highest BCUT2D eigenvalue weighted by atomic mass is 32.2. The average molecular weight is 342 g/mol. The van der Waals surface area contributed by atoms with Crippen LogP contribution in [0.2, 0.25) is 0 Å². The zero-order valence-corrected chi connectivity index (χ0v) is 15.3. The third kappa shape index (κ3) is 6.16. The monoisotopic (exact) mass is 341 g/mol. The molecule has 2 rings (SSSR count). The first kappa shape index (κ1) is 18.3. The highest BCUT2D eigenvalue weighted by Gasteiger charge is 2.29. The van der Waals surface area contributed by atoms with Crippen LogP contribution in [0.1, 0.15) is 46.0 Å². The van der Waals surface area contributed by atoms with Gasteiger partial charge in [-0.2, -0.15) is 0 Å². The molecule has 1 aliphatic heterocycles. The second-order valence-corrected chi connectivity index (χ2v) is 9.96. The first-order chi connectivity index (χ1) is 10.8. The largest absolute Gasteiger partial charge is 0.354 e. The summed E-state index contributed by atoms with van der Waals surface area (Å²) in [6, 6.07) is 0.433. The van der Waals surface area contributed by atoms with E-state index in [1.54, 1.807) is 0 Å². The summed E-state index contributed by atoms with van der Waals surface area (Å²) in [6.07, 6.45) is 7.35. The summed E-state index contributed by atoms with van der Waals surface area (Å²) in [6.45, 7) is 9.60. The summed E-state index contributed by atoms with van der Waals surface area (Å²) in [5.41, 5.74) is 0.374. The lowest BCUT2D eigenvalue weighted by molar-refractivity contribution is 0.210. The Morgan fingerprint density at radius 2 is 2.17 bits per heavy atom. The van der Waals surface area contributed by atoms with E-state index in [1.807, 2.05) is 6.08 Å². The molecule has 1 saturated heterocycles. The molecule has 1 aliphatic carbocycles. The maximum atomic E-state index is 11.6. The van der Waals surface area contributed by atoms with E-state index in [0.717, 1.165) is 25.2 Å². The minimum Gasteiger partial charge on any atom is -0.354 e. The summed E-state index contributed by atoms with van der Waals surface area (Å²) >= 11 is 0. The number of nitrogens with one attached hydrogen (secondary N) is 2. The molecule has 1 heterocycles. The molecule has 1 saturated carbocycles. The third-order valence-corrected chi connectivity index (χ3v) is 6.63. The number of aliphatic imine (C=N–C) groups is 1. The van der Waals surface area contributed by atoms with Crippen molar-refractivity contribution < 1.29 is 8.42 Å². The van der Waals surface area contributed by atoms with Crippen molar-refractivity contribution in [2.45, 2.75) is 52.0 Å². The van der Waals surface area contributed by atoms with E-state index in [4.69, 9.17) is 0 Å². The van der Waals surface area contributed by atoms with Gasteiger partial charge >= 0.3 is 0 Å². The molecule has 0 aromatic heterocycles. The second-order valence-electron chi connectivity index (χ2n) is 7.73. The number of hydrogen-bond donors (Lipinski definition) is 2. The molecular weight excluding hydrogens is 310 g/mol. The summed E-state index contributed by atoms with van der Waals surface area (Å²) in [7, 11) is -2.83. The third-order valence-electron chi connectivity index (χ3n) is 4.79. The summed E-state index contributed by atoms with van der Waals surface area (Å²) in [5.74, 6) is 1.54. The SMILES string of the molecule is C=CCNC(=NCC1CCS(=O)(=O)C1)NC1CCCC(C)(C)C1. The molecule has 6 heteroatoms. The Bertz CT molecular complexity index is 540. The predicted molar refractivity (Wildman–Crippen MR) is 96.4 cm³/mol. The minimum absolute atomic E-state index is 0.158. The molecule has 0 aromatic rings. The van der Waals surface area contributed by atoms with Gasteiger partial charge < -0.3 is 10.6 Å². The van der Waals surface area contributed by atoms with Gasteiger partial charge in [-0.05, 0) is 37.0 Å². The van der Waals surface area contributed by atoms with Crippen molar-refractivity contribution in [3.8, 4) is 0 Å². The summed E-state index contributed by atoms with van der Waals surface area (Å²) < 4.78 is 23.1. The molecule has 132 valence electrons. The highest BCUT2D eigenvalue weighted by Crippen LogP contribution is 2.35. The van der Waals surface area contributed by atoms with Gasteiger partial charge in [0.25, 0.3) is 0 Å². The Labute approximate surface area is 140 Å². The van der Waals surface area contributed by atoms with E-state index in [2.05, 4.69) is 36.1 Å². The standard InChI is InChI=1S/C17H31N3O2S/c1-4-9-18-16(19-12-14-7-10-23(21,22)13-14)20-15-6-5-8-17(2,3)11-15/h4,14-15H,1,5-13H2,2-3H3,(H2,18,19,20). The van der Waals surface area contributed by atoms with Crippen molar-refractivity contribution >= 4 is 15.8 Å². The molecule has 0 radical (unpaired) electrons. The van der Waals surface area contributed by atoms with Crippen molar-refractivity contribution in [1.82, 2.24) is 10.6 Å². The zero-order chi connectivity index (χ0) is 16.9. The van der Waals surface area contributed by atoms with Crippen LogP contribution in [0, 0.1) is 11.3 Å². The molecule has 2 aliphatic rings. The quantitative estimate of drug-likeness (QED) is 0.456. The molecule has 23 heavy (non-hydrogen) atoms. The van der Waals surface area contributed by atoms with Gasteiger partial charge in [-0.25, -0.2) is 8.42 Å². The van der Waals surface area contributed by atoms with E-state index in [1.165, 1.54) is 12.8 Å². The smallest absolute Gasteiger partial charge is 0.191 e. The van der Waals surface area contributed by atoms with Gasteiger partial charge in [0, 0.05) is 19.1 Å². The average Bonchev–Trinajstić information content (AvgIpc) is 2.80. The fourth-order valence-electron chi connectivity index (χ4n) is 3.57. The van der Waals surface area contributed by atoms with Gasteiger partial charge in [0.05, 0.1) is 11.5 Å². The van der Waals surface area contributed by atoms with Crippen LogP contribution in [0.4, 0.5) is 0 Å². The Morgan fingerprint density at radius 3 is 2.78 bits per heavy atom. The van der Waals surface area contributed by atoms with E-state index >= 15 is 0 Å². The van der Waals surface area contributed by atoms with Crippen molar-refractivity contribution in [2.75, 3.05) is 24.6 Å². The first-order valence-electron chi connectivity index (χ1n) is 8.66. The van der Waals surface area contributed by atoms with Gasteiger partial charge in [0.1, 0.15) is 0 Å². The molecule has 5 nitrogen and oxygen atoms in total. The van der Waals surface area contributed by atoms with Gasteiger partial charge in [0.15, 0.2) is 15.8 Å². The van der Waals surface area contributed by atoms with Crippen LogP contribution in [0.15, 0.2) is 17.6 Å². The van der Waals surface area contributed by atoms with Gasteiger partial charge in [0.2, 0.25) is 0 Å². The first-order valence-corrected chi connectivity index (χ1v) is 10.5. The number of nitrogens with zero attached hydrogens (tertiary/aromatic N) is 1. The number of sulfone groups is 1. The van der Waals surface area contributed by atoms with Crippen LogP contribution >= 0.6 is 0 Å². The fourth-order valence-corrected chi connectivity index (χ4v) is 5.42. The molecule has 2 unspecified atom stereocenters. The molecule has 0 amide bonds. The molecule has 2 fully saturated rings. The van der Waals surface area contributed by atoms with Gasteiger partial charge in [-0.15, -0.1) is 6.58 Å². The van der Waals surface area contributed by atoms with Crippen LogP contribution < -0.4 is 10.6 Å². The lowest BCUT2D eigenvalue weighted by Crippen LogP contribution is -2.46. The minimum atomic E-state index is -2.83. The van der Waals surface area contributed by atoms with Crippen LogP contribution in [0.25, 0.3) is 0 Å². The Hall–Kier alpha value is -1.04. The Kier molecular flexibility index (Phi) is 6.12. The Morgan fingerprint density at radius 1 is 1.39 bits per heavy atom. The van der Waals surface area contributed by atoms with Crippen LogP contribution in [-0.4, -0.2) is 45.0 Å². The topological polar surface area (TPSA) is 70.6 Å². The predicted octanol–water partition coefficient (Wildman–Crippen LogP) is 2.11. The summed E-state index contributed by atoms with van der Waals surface area (Å²) in [5, 5.41) is 6.79. The van der Waals surface area contributed by atoms with Crippen LogP contribution in [0.3, 0.4) is 0 Å². The van der Waals surface area contributed by atoms with Crippen molar-refractivity contribution in [1.29, 1.82) is 0 Å². The van der Waals surface area contributed by atoms with Gasteiger partial charge in [-0.3, -0.25) is 4.99 Å². The van der Waals surface area contributed by atoms with E-state index in [9.17, 15) is 8.42 Å². The lowest BCUT2D eigenvalue weighted by atomic mass is 9.75. The highest BCUT2D eigenvalue weighted by molar-refractivity contribution is 7.91. The molecule has 0 bridgehead atoms. The zero-order valence-electron chi connectivity index (χ0n) is 14.5. The van der Waals surface area contributed by atoms with Crippen LogP contribution in [0.5, 0.6) is 0 Å². The molecule has 0 spiro atoms. The molecule has 0 aromatic carbocycles. The number of hydrogen-bond acceptors (Lipinski definition) is 3. The van der Waals surface area contributed by atoms with Crippen molar-refractivity contribution in [3.05, 3.63) is 12.7 Å². The maximum absolute atomic E-state index is 11.6.